The number of hydrogen-bond acceptors (Lipinski definition) is 6. The molecule has 0 N–H and O–H groups in total. The smallest absolute Gasteiger partial charge is 0.338 e. The third-order valence-corrected chi connectivity index (χ3v) is 5.40. The van der Waals surface area contributed by atoms with Crippen molar-refractivity contribution in [2.75, 3.05) is 21.0 Å². The van der Waals surface area contributed by atoms with E-state index in [1.54, 1.807) is 12.1 Å². The molecule has 0 atom stereocenters. The second-order valence-corrected chi connectivity index (χ2v) is 7.47. The van der Waals surface area contributed by atoms with E-state index in [4.69, 9.17) is 18.9 Å². The first-order valence-corrected chi connectivity index (χ1v) is 10.5. The summed E-state index contributed by atoms with van der Waals surface area (Å²) in [5.41, 5.74) is 3.69. The summed E-state index contributed by atoms with van der Waals surface area (Å²) in [6.45, 7) is 0.122. The van der Waals surface area contributed by atoms with Crippen LogP contribution in [0.4, 0.5) is 0 Å². The number of rotatable bonds is 2. The topological polar surface area (TPSA) is 71.1 Å². The van der Waals surface area contributed by atoms with Gasteiger partial charge in [0.05, 0.1) is 25.3 Å². The van der Waals surface area contributed by atoms with Crippen LogP contribution in [0.3, 0.4) is 0 Å². The fourth-order valence-corrected chi connectivity index (χ4v) is 3.62. The molecule has 0 fully saturated rings. The molecule has 35 heavy (non-hydrogen) atoms. The summed E-state index contributed by atoms with van der Waals surface area (Å²) in [4.78, 5) is 24.9. The lowest BCUT2D eigenvalue weighted by Gasteiger charge is -2.09. The monoisotopic (exact) mass is 460 g/mol. The zero-order valence-corrected chi connectivity index (χ0v) is 18.8. The van der Waals surface area contributed by atoms with Gasteiger partial charge in [-0.2, -0.15) is 0 Å². The van der Waals surface area contributed by atoms with Gasteiger partial charge in [0.2, 0.25) is 6.79 Å². The highest BCUT2D eigenvalue weighted by Crippen LogP contribution is 2.34. The lowest BCUT2D eigenvalue weighted by molar-refractivity contribution is 0.0555. The average Bonchev–Trinajstić information content (AvgIpc) is 3.35. The largest absolute Gasteiger partial charge is 0.465 e. The molecule has 2 aliphatic rings. The lowest BCUT2D eigenvalue weighted by atomic mass is 9.96. The van der Waals surface area contributed by atoms with E-state index >= 15 is 0 Å². The molecular formula is C29H16O6. The maximum Gasteiger partial charge on any atom is 0.338 e. The minimum absolute atomic E-state index is 0.0346. The molecule has 0 bridgehead atoms. The van der Waals surface area contributed by atoms with Crippen molar-refractivity contribution < 1.29 is 28.5 Å². The van der Waals surface area contributed by atoms with Crippen molar-refractivity contribution in [2.24, 2.45) is 0 Å². The predicted octanol–water partition coefficient (Wildman–Crippen LogP) is 3.50. The van der Waals surface area contributed by atoms with Crippen molar-refractivity contribution in [3.05, 3.63) is 93.0 Å². The molecule has 0 unspecified atom stereocenters. The molecule has 6 nitrogen and oxygen atoms in total. The van der Waals surface area contributed by atoms with Crippen LogP contribution in [0.1, 0.15) is 54.1 Å². The molecule has 3 aromatic carbocycles. The summed E-state index contributed by atoms with van der Waals surface area (Å²) in [6.07, 6.45) is 0. The molecule has 0 saturated carbocycles. The van der Waals surface area contributed by atoms with Gasteiger partial charge in [-0.3, -0.25) is 0 Å². The molecule has 0 saturated heterocycles. The summed E-state index contributed by atoms with van der Waals surface area (Å²) in [5, 5.41) is 0. The van der Waals surface area contributed by atoms with Crippen molar-refractivity contribution in [1.29, 1.82) is 0 Å². The minimum atomic E-state index is -0.686. The van der Waals surface area contributed by atoms with Crippen molar-refractivity contribution in [3.8, 4) is 47.0 Å². The van der Waals surface area contributed by atoms with E-state index in [1.807, 2.05) is 24.3 Å². The zero-order chi connectivity index (χ0) is 24.4. The van der Waals surface area contributed by atoms with Crippen molar-refractivity contribution in [2.45, 2.75) is 0 Å². The Kier molecular flexibility index (Phi) is 5.60. The van der Waals surface area contributed by atoms with Gasteiger partial charge in [0.25, 0.3) is 0 Å². The maximum atomic E-state index is 12.4. The van der Waals surface area contributed by atoms with Gasteiger partial charge in [0.15, 0.2) is 11.5 Å². The second kappa shape index (κ2) is 9.02. The molecule has 168 valence electrons. The molecule has 1 heterocycles. The summed E-state index contributed by atoms with van der Waals surface area (Å²) < 4.78 is 20.8. The summed E-state index contributed by atoms with van der Waals surface area (Å²) in [6, 6.07) is 14.0. The zero-order valence-electron chi connectivity index (χ0n) is 18.8. The second-order valence-electron chi connectivity index (χ2n) is 7.47. The van der Waals surface area contributed by atoms with Gasteiger partial charge in [-0.1, -0.05) is 47.7 Å². The van der Waals surface area contributed by atoms with Crippen molar-refractivity contribution in [3.63, 3.8) is 0 Å². The number of carbonyl (C=O) groups excluding carboxylic acids is 2. The number of esters is 2. The Hall–Kier alpha value is -5.12. The third kappa shape index (κ3) is 4.15. The van der Waals surface area contributed by atoms with E-state index < -0.39 is 11.9 Å². The van der Waals surface area contributed by atoms with Crippen LogP contribution in [0.2, 0.25) is 0 Å². The van der Waals surface area contributed by atoms with E-state index in [-0.39, 0.29) is 17.9 Å². The van der Waals surface area contributed by atoms with Gasteiger partial charge in [-0.15, -0.1) is 0 Å². The van der Waals surface area contributed by atoms with Crippen LogP contribution >= 0.6 is 0 Å². The normalized spacial score (nSPS) is 11.7. The van der Waals surface area contributed by atoms with Crippen LogP contribution in [0.25, 0.3) is 0 Å². The van der Waals surface area contributed by atoms with E-state index in [1.165, 1.54) is 26.4 Å². The average molecular weight is 460 g/mol. The molecule has 0 aromatic heterocycles. The Labute approximate surface area is 201 Å². The van der Waals surface area contributed by atoms with Crippen LogP contribution in [-0.4, -0.2) is 33.0 Å². The quantitative estimate of drug-likeness (QED) is 0.337. The van der Waals surface area contributed by atoms with Crippen LogP contribution in [-0.2, 0) is 9.47 Å². The van der Waals surface area contributed by atoms with E-state index in [9.17, 15) is 9.59 Å². The lowest BCUT2D eigenvalue weighted by Crippen LogP contribution is -2.13. The van der Waals surface area contributed by atoms with Gasteiger partial charge in [0.1, 0.15) is 0 Å². The first kappa shape index (κ1) is 21.7. The van der Waals surface area contributed by atoms with Crippen molar-refractivity contribution >= 4 is 11.9 Å². The summed E-state index contributed by atoms with van der Waals surface area (Å²) in [5.74, 6) is 18.5. The van der Waals surface area contributed by atoms with Crippen LogP contribution in [0.5, 0.6) is 11.5 Å². The van der Waals surface area contributed by atoms with Crippen molar-refractivity contribution in [1.82, 2.24) is 0 Å². The molecule has 0 spiro atoms. The van der Waals surface area contributed by atoms with Gasteiger partial charge in [-0.05, 0) is 24.3 Å². The fourth-order valence-electron chi connectivity index (χ4n) is 3.62. The Bertz CT molecular complexity index is 1600. The SMILES string of the molecule is COC(=O)c1cc2c(cc1C(=O)OC)C#Cc1cc3c(cc1C#Cc1ccccc1C#C2)OCO3. The molecule has 1 aliphatic heterocycles. The highest BCUT2D eigenvalue weighted by Gasteiger charge is 2.21. The van der Waals surface area contributed by atoms with Gasteiger partial charge < -0.3 is 18.9 Å². The van der Waals surface area contributed by atoms with E-state index in [0.717, 1.165) is 5.56 Å². The van der Waals surface area contributed by atoms with E-state index in [0.29, 0.717) is 39.3 Å². The number of ether oxygens (including phenoxy) is 4. The fraction of sp³-hybridized carbons (Fsp3) is 0.103. The molecule has 1 aliphatic carbocycles. The number of hydrogen-bond donors (Lipinski definition) is 0. The molecule has 5 rings (SSSR count). The van der Waals surface area contributed by atoms with Gasteiger partial charge in [-0.25, -0.2) is 9.59 Å². The van der Waals surface area contributed by atoms with Gasteiger partial charge >= 0.3 is 11.9 Å². The third-order valence-electron chi connectivity index (χ3n) is 5.40. The van der Waals surface area contributed by atoms with E-state index in [2.05, 4.69) is 35.5 Å². The standard InChI is InChI=1S/C29H16O6/c1-32-28(30)24-13-20-9-7-18-5-3-4-6-19(18)8-10-22-15-26-27(35-17-34-26)16-23(22)12-11-21(20)14-25(24)29(31)33-2/h3-6,13-16H,17H2,1-2H3. The highest BCUT2D eigenvalue weighted by atomic mass is 16.7. The van der Waals surface area contributed by atoms with Crippen LogP contribution < -0.4 is 9.47 Å². The molecule has 3 aromatic rings. The molecule has 0 amide bonds. The summed E-state index contributed by atoms with van der Waals surface area (Å²) in [7, 11) is 2.48. The Balaban J connectivity index is 1.81. The number of methoxy groups -OCH3 is 2. The highest BCUT2D eigenvalue weighted by molar-refractivity contribution is 6.04. The number of carbonyl (C=O) groups is 2. The Morgan fingerprint density at radius 1 is 0.629 bits per heavy atom. The Morgan fingerprint density at radius 3 is 1.40 bits per heavy atom. The maximum absolute atomic E-state index is 12.4. The summed E-state index contributed by atoms with van der Waals surface area (Å²) >= 11 is 0. The van der Waals surface area contributed by atoms with Gasteiger partial charge in [0, 0.05) is 45.5 Å². The van der Waals surface area contributed by atoms with Crippen LogP contribution in [0, 0.1) is 35.5 Å². The first-order chi connectivity index (χ1) is 17.1. The first-order valence-electron chi connectivity index (χ1n) is 10.5. The predicted molar refractivity (Wildman–Crippen MR) is 126 cm³/mol. The number of benzene rings is 3. The minimum Gasteiger partial charge on any atom is -0.465 e. The molecular weight excluding hydrogens is 444 g/mol. The molecule has 0 radical (unpaired) electrons. The number of fused-ring (bicyclic) bond motifs is 4. The Morgan fingerprint density at radius 2 is 1.00 bits per heavy atom. The van der Waals surface area contributed by atoms with Crippen LogP contribution in [0.15, 0.2) is 48.5 Å². The molecule has 6 heteroatoms.